The molecule has 26 heavy (non-hydrogen) atoms. The Bertz CT molecular complexity index is 839. The molecule has 0 amide bonds. The number of aromatic nitrogens is 2. The average molecular weight is 356 g/mol. The van der Waals surface area contributed by atoms with Crippen molar-refractivity contribution in [2.45, 2.75) is 38.5 Å². The van der Waals surface area contributed by atoms with Crippen LogP contribution >= 0.6 is 0 Å². The maximum atomic E-state index is 12.5. The number of carbonyl (C=O) groups is 1. The van der Waals surface area contributed by atoms with Gasteiger partial charge in [0, 0.05) is 13.0 Å². The number of ether oxygens (including phenoxy) is 1. The molecule has 0 aliphatic heterocycles. The standard InChI is InChI=1S/C20H24N2O4/c1-3-26-20(25)16-17(23)19(24)22(2)18(21-16)15(14-11-7-8-12-14)13-9-5-4-6-10-13/h4-6,9-10,14-15,23H,3,7-8,11-12H2,1-2H3. The molecule has 3 rings (SSSR count). The highest BCUT2D eigenvalue weighted by Gasteiger charge is 2.32. The first-order chi connectivity index (χ1) is 12.5. The number of hydrogen-bond donors (Lipinski definition) is 1. The van der Waals surface area contributed by atoms with Crippen molar-refractivity contribution in [1.29, 1.82) is 0 Å². The summed E-state index contributed by atoms with van der Waals surface area (Å²) in [4.78, 5) is 29.1. The summed E-state index contributed by atoms with van der Waals surface area (Å²) in [6.45, 7) is 1.82. The minimum Gasteiger partial charge on any atom is -0.501 e. The number of esters is 1. The van der Waals surface area contributed by atoms with Gasteiger partial charge in [-0.3, -0.25) is 9.36 Å². The highest BCUT2D eigenvalue weighted by molar-refractivity contribution is 5.90. The Labute approximate surface area is 152 Å². The van der Waals surface area contributed by atoms with E-state index in [0.717, 1.165) is 31.2 Å². The molecular formula is C20H24N2O4. The molecule has 0 bridgehead atoms. The number of carbonyl (C=O) groups excluding carboxylic acids is 1. The minimum absolute atomic E-state index is 0.106. The van der Waals surface area contributed by atoms with Crippen molar-refractivity contribution >= 4 is 5.97 Å². The quantitative estimate of drug-likeness (QED) is 0.833. The van der Waals surface area contributed by atoms with Gasteiger partial charge in [-0.05, 0) is 31.2 Å². The van der Waals surface area contributed by atoms with Crippen LogP contribution in [0.1, 0.15) is 60.4 Å². The van der Waals surface area contributed by atoms with Crippen molar-refractivity contribution in [1.82, 2.24) is 9.55 Å². The third kappa shape index (κ3) is 3.36. The van der Waals surface area contributed by atoms with Gasteiger partial charge < -0.3 is 9.84 Å². The van der Waals surface area contributed by atoms with Crippen LogP contribution in [-0.2, 0) is 11.8 Å². The fourth-order valence-corrected chi connectivity index (χ4v) is 3.81. The minimum atomic E-state index is -0.776. The number of aromatic hydroxyl groups is 1. The van der Waals surface area contributed by atoms with Crippen LogP contribution in [0.4, 0.5) is 0 Å². The van der Waals surface area contributed by atoms with Crippen LogP contribution in [0.15, 0.2) is 35.1 Å². The Morgan fingerprint density at radius 1 is 1.31 bits per heavy atom. The van der Waals surface area contributed by atoms with Gasteiger partial charge in [0.25, 0.3) is 5.56 Å². The summed E-state index contributed by atoms with van der Waals surface area (Å²) in [5.74, 6) is -0.704. The van der Waals surface area contributed by atoms with E-state index in [2.05, 4.69) is 4.98 Å². The lowest BCUT2D eigenvalue weighted by atomic mass is 9.84. The van der Waals surface area contributed by atoms with E-state index >= 15 is 0 Å². The van der Waals surface area contributed by atoms with Crippen LogP contribution in [0.25, 0.3) is 0 Å². The third-order valence-electron chi connectivity index (χ3n) is 5.08. The van der Waals surface area contributed by atoms with Gasteiger partial charge >= 0.3 is 5.97 Å². The van der Waals surface area contributed by atoms with Crippen LogP contribution in [0.2, 0.25) is 0 Å². The first-order valence-electron chi connectivity index (χ1n) is 9.06. The summed E-state index contributed by atoms with van der Waals surface area (Å²) in [5, 5.41) is 10.1. The van der Waals surface area contributed by atoms with Crippen molar-refractivity contribution in [2.24, 2.45) is 13.0 Å². The lowest BCUT2D eigenvalue weighted by Gasteiger charge is -2.25. The molecular weight excluding hydrogens is 332 g/mol. The second-order valence-electron chi connectivity index (χ2n) is 6.68. The summed E-state index contributed by atoms with van der Waals surface area (Å²) in [5.41, 5.74) is 0.128. The second kappa shape index (κ2) is 7.72. The highest BCUT2D eigenvalue weighted by atomic mass is 16.5. The van der Waals surface area contributed by atoms with Crippen LogP contribution in [0, 0.1) is 5.92 Å². The van der Waals surface area contributed by atoms with E-state index in [-0.39, 0.29) is 18.2 Å². The van der Waals surface area contributed by atoms with Gasteiger partial charge in [0.05, 0.1) is 6.61 Å². The molecule has 1 unspecified atom stereocenters. The van der Waals surface area contributed by atoms with Gasteiger partial charge in [0.1, 0.15) is 5.82 Å². The van der Waals surface area contributed by atoms with Gasteiger partial charge in [-0.2, -0.15) is 0 Å². The average Bonchev–Trinajstić information content (AvgIpc) is 3.17. The van der Waals surface area contributed by atoms with Crippen molar-refractivity contribution in [2.75, 3.05) is 6.61 Å². The lowest BCUT2D eigenvalue weighted by molar-refractivity contribution is 0.0514. The van der Waals surface area contributed by atoms with E-state index in [1.807, 2.05) is 30.3 Å². The molecule has 1 aromatic heterocycles. The van der Waals surface area contributed by atoms with E-state index in [4.69, 9.17) is 4.74 Å². The molecule has 6 nitrogen and oxygen atoms in total. The van der Waals surface area contributed by atoms with Crippen LogP contribution < -0.4 is 5.56 Å². The third-order valence-corrected chi connectivity index (χ3v) is 5.08. The van der Waals surface area contributed by atoms with Crippen LogP contribution in [-0.4, -0.2) is 27.2 Å². The second-order valence-corrected chi connectivity index (χ2v) is 6.68. The molecule has 1 aliphatic rings. The summed E-state index contributed by atoms with van der Waals surface area (Å²) in [6.07, 6.45) is 4.38. The first kappa shape index (κ1) is 18.2. The number of hydrogen-bond acceptors (Lipinski definition) is 5. The monoisotopic (exact) mass is 356 g/mol. The van der Waals surface area contributed by atoms with Crippen molar-refractivity contribution < 1.29 is 14.6 Å². The summed E-state index contributed by atoms with van der Waals surface area (Å²) in [7, 11) is 1.59. The van der Waals surface area contributed by atoms with Crippen LogP contribution in [0.3, 0.4) is 0 Å². The number of nitrogens with zero attached hydrogens (tertiary/aromatic N) is 2. The molecule has 0 spiro atoms. The maximum absolute atomic E-state index is 12.5. The van der Waals surface area contributed by atoms with E-state index < -0.39 is 17.3 Å². The molecule has 2 aromatic rings. The maximum Gasteiger partial charge on any atom is 0.361 e. The predicted molar refractivity (Wildman–Crippen MR) is 97.3 cm³/mol. The lowest BCUT2D eigenvalue weighted by Crippen LogP contribution is -2.29. The predicted octanol–water partition coefficient (Wildman–Crippen LogP) is 2.98. The molecule has 1 aromatic carbocycles. The number of rotatable bonds is 5. The molecule has 0 radical (unpaired) electrons. The topological polar surface area (TPSA) is 81.4 Å². The van der Waals surface area contributed by atoms with Gasteiger partial charge in [-0.15, -0.1) is 0 Å². The molecule has 138 valence electrons. The fourth-order valence-electron chi connectivity index (χ4n) is 3.81. The SMILES string of the molecule is CCOC(=O)c1nc(C(c2ccccc2)C2CCCC2)n(C)c(=O)c1O. The number of benzene rings is 1. The fraction of sp³-hybridized carbons (Fsp3) is 0.450. The zero-order chi connectivity index (χ0) is 18.7. The van der Waals surface area contributed by atoms with Crippen molar-refractivity contribution in [3.05, 3.63) is 57.8 Å². The zero-order valence-electron chi connectivity index (χ0n) is 15.1. The highest BCUT2D eigenvalue weighted by Crippen LogP contribution is 2.40. The molecule has 1 fully saturated rings. The molecule has 1 atom stereocenters. The van der Waals surface area contributed by atoms with Crippen molar-refractivity contribution in [3.63, 3.8) is 0 Å². The molecule has 1 saturated carbocycles. The van der Waals surface area contributed by atoms with Crippen molar-refractivity contribution in [3.8, 4) is 5.75 Å². The molecule has 1 aliphatic carbocycles. The molecule has 1 heterocycles. The smallest absolute Gasteiger partial charge is 0.361 e. The molecule has 0 saturated heterocycles. The van der Waals surface area contributed by atoms with E-state index in [1.54, 1.807) is 14.0 Å². The largest absolute Gasteiger partial charge is 0.501 e. The van der Waals surface area contributed by atoms with Gasteiger partial charge in [0.2, 0.25) is 5.75 Å². The first-order valence-corrected chi connectivity index (χ1v) is 9.06. The Morgan fingerprint density at radius 3 is 2.58 bits per heavy atom. The molecule has 1 N–H and O–H groups in total. The van der Waals surface area contributed by atoms with Gasteiger partial charge in [-0.1, -0.05) is 43.2 Å². The van der Waals surface area contributed by atoms with Crippen LogP contribution in [0.5, 0.6) is 5.75 Å². The van der Waals surface area contributed by atoms with E-state index in [1.165, 1.54) is 4.57 Å². The van der Waals surface area contributed by atoms with E-state index in [0.29, 0.717) is 11.7 Å². The summed E-state index contributed by atoms with van der Waals surface area (Å²) < 4.78 is 6.32. The Balaban J connectivity index is 2.17. The normalized spacial score (nSPS) is 15.8. The zero-order valence-corrected chi connectivity index (χ0v) is 15.1. The Kier molecular flexibility index (Phi) is 5.40. The summed E-state index contributed by atoms with van der Waals surface area (Å²) >= 11 is 0. The van der Waals surface area contributed by atoms with Gasteiger partial charge in [-0.25, -0.2) is 9.78 Å². The van der Waals surface area contributed by atoms with E-state index in [9.17, 15) is 14.7 Å². The summed E-state index contributed by atoms with van der Waals surface area (Å²) in [6, 6.07) is 9.91. The van der Waals surface area contributed by atoms with Gasteiger partial charge in [0.15, 0.2) is 5.69 Å². The molecule has 6 heteroatoms. The Hall–Kier alpha value is -2.63. The Morgan fingerprint density at radius 2 is 1.96 bits per heavy atom.